The van der Waals surface area contributed by atoms with Crippen LogP contribution in [0, 0.1) is 0 Å². The Labute approximate surface area is 166 Å². The van der Waals surface area contributed by atoms with E-state index in [0.29, 0.717) is 44.3 Å². The second-order valence-electron chi connectivity index (χ2n) is 6.82. The summed E-state index contributed by atoms with van der Waals surface area (Å²) in [6, 6.07) is 7.26. The molecule has 0 aromatic heterocycles. The summed E-state index contributed by atoms with van der Waals surface area (Å²) in [6.07, 6.45) is 3.23. The number of piperazine rings is 2. The van der Waals surface area contributed by atoms with Crippen LogP contribution < -0.4 is 0 Å². The molecule has 3 rings (SSSR count). The summed E-state index contributed by atoms with van der Waals surface area (Å²) >= 11 is 5.94. The Hall–Kier alpha value is -1.45. The molecule has 2 fully saturated rings. The normalized spacial score (nSPS) is 21.0. The van der Waals surface area contributed by atoms with Crippen LogP contribution in [0.2, 0.25) is 5.02 Å². The molecule has 0 bridgehead atoms. The number of carbonyl (C=O) groups is 1. The molecule has 0 unspecified atom stereocenters. The third kappa shape index (κ3) is 5.08. The molecular formula is C18H25ClN4O3S. The molecule has 1 aromatic rings. The van der Waals surface area contributed by atoms with Crippen molar-refractivity contribution in [1.82, 2.24) is 18.4 Å². The zero-order valence-corrected chi connectivity index (χ0v) is 17.0. The molecule has 0 aliphatic carbocycles. The van der Waals surface area contributed by atoms with Gasteiger partial charge < -0.3 is 9.80 Å². The van der Waals surface area contributed by atoms with Gasteiger partial charge in [0.15, 0.2) is 0 Å². The summed E-state index contributed by atoms with van der Waals surface area (Å²) in [5.41, 5.74) is 0.854. The van der Waals surface area contributed by atoms with Crippen LogP contribution in [0.15, 0.2) is 30.3 Å². The number of likely N-dealkylation sites (N-methyl/N-ethyl adjacent to an activating group) is 1. The Kier molecular flexibility index (Phi) is 6.54. The van der Waals surface area contributed by atoms with Crippen LogP contribution in [0.1, 0.15) is 5.56 Å². The van der Waals surface area contributed by atoms with E-state index in [4.69, 9.17) is 11.6 Å². The van der Waals surface area contributed by atoms with E-state index in [2.05, 4.69) is 4.90 Å². The molecular weight excluding hydrogens is 388 g/mol. The van der Waals surface area contributed by atoms with Gasteiger partial charge in [-0.25, -0.2) is 0 Å². The SMILES string of the molecule is CN1CCN(S(=O)(=O)N2CCN(C(=O)/C=C/c3cccc(Cl)c3)CC2)CC1. The van der Waals surface area contributed by atoms with Gasteiger partial charge in [0.1, 0.15) is 0 Å². The summed E-state index contributed by atoms with van der Waals surface area (Å²) < 4.78 is 28.6. The highest BCUT2D eigenvalue weighted by atomic mass is 35.5. The molecule has 0 N–H and O–H groups in total. The van der Waals surface area contributed by atoms with Crippen molar-refractivity contribution >= 4 is 33.8 Å². The topological polar surface area (TPSA) is 64.2 Å². The maximum Gasteiger partial charge on any atom is 0.282 e. The Bertz CT molecular complexity index is 799. The number of carbonyl (C=O) groups excluding carboxylic acids is 1. The molecule has 9 heteroatoms. The van der Waals surface area contributed by atoms with Gasteiger partial charge in [-0.1, -0.05) is 23.7 Å². The second-order valence-corrected chi connectivity index (χ2v) is 9.19. The van der Waals surface area contributed by atoms with Crippen LogP contribution in [0.4, 0.5) is 0 Å². The number of amides is 1. The molecule has 2 aliphatic rings. The van der Waals surface area contributed by atoms with E-state index in [9.17, 15) is 13.2 Å². The first kappa shape index (κ1) is 20.3. The van der Waals surface area contributed by atoms with E-state index in [1.54, 1.807) is 27.4 Å². The molecule has 7 nitrogen and oxygen atoms in total. The van der Waals surface area contributed by atoms with Crippen molar-refractivity contribution < 1.29 is 13.2 Å². The lowest BCUT2D eigenvalue weighted by Gasteiger charge is -2.38. The summed E-state index contributed by atoms with van der Waals surface area (Å²) in [7, 11) is -1.46. The Balaban J connectivity index is 1.54. The number of hydrogen-bond acceptors (Lipinski definition) is 4. The van der Waals surface area contributed by atoms with Crippen molar-refractivity contribution in [1.29, 1.82) is 0 Å². The fraction of sp³-hybridized carbons (Fsp3) is 0.500. The van der Waals surface area contributed by atoms with Gasteiger partial charge >= 0.3 is 0 Å². The van der Waals surface area contributed by atoms with Crippen LogP contribution in [0.3, 0.4) is 0 Å². The standard InChI is InChI=1S/C18H25ClN4O3S/c1-20-7-11-22(12-8-20)27(25,26)23-13-9-21(10-14-23)18(24)6-5-16-3-2-4-17(19)15-16/h2-6,15H,7-14H2,1H3/b6-5+. The lowest BCUT2D eigenvalue weighted by atomic mass is 10.2. The fourth-order valence-corrected chi connectivity index (χ4v) is 4.98. The van der Waals surface area contributed by atoms with Gasteiger partial charge in [0.25, 0.3) is 10.2 Å². The van der Waals surface area contributed by atoms with E-state index in [-0.39, 0.29) is 5.91 Å². The largest absolute Gasteiger partial charge is 0.337 e. The maximum absolute atomic E-state index is 12.8. The first-order chi connectivity index (χ1) is 12.9. The van der Waals surface area contributed by atoms with E-state index < -0.39 is 10.2 Å². The summed E-state index contributed by atoms with van der Waals surface area (Å²) in [6.45, 7) is 3.95. The van der Waals surface area contributed by atoms with E-state index in [1.807, 2.05) is 19.2 Å². The minimum atomic E-state index is -3.45. The minimum absolute atomic E-state index is 0.119. The summed E-state index contributed by atoms with van der Waals surface area (Å²) in [5.74, 6) is -0.119. The number of halogens is 1. The molecule has 1 amide bonds. The van der Waals surface area contributed by atoms with Gasteiger partial charge in [0.2, 0.25) is 5.91 Å². The third-order valence-electron chi connectivity index (χ3n) is 4.93. The van der Waals surface area contributed by atoms with E-state index >= 15 is 0 Å². The zero-order chi connectivity index (χ0) is 19.4. The molecule has 1 aromatic carbocycles. The molecule has 0 saturated carbocycles. The van der Waals surface area contributed by atoms with Crippen molar-refractivity contribution in [2.24, 2.45) is 0 Å². The Morgan fingerprint density at radius 1 is 1.00 bits per heavy atom. The molecule has 0 spiro atoms. The molecule has 0 atom stereocenters. The van der Waals surface area contributed by atoms with Gasteiger partial charge in [-0.2, -0.15) is 17.0 Å². The smallest absolute Gasteiger partial charge is 0.282 e. The highest BCUT2D eigenvalue weighted by molar-refractivity contribution is 7.86. The Morgan fingerprint density at radius 3 is 2.19 bits per heavy atom. The molecule has 148 valence electrons. The number of hydrogen-bond donors (Lipinski definition) is 0. The average Bonchev–Trinajstić information content (AvgIpc) is 2.66. The summed E-state index contributed by atoms with van der Waals surface area (Å²) in [4.78, 5) is 16.2. The molecule has 27 heavy (non-hydrogen) atoms. The number of benzene rings is 1. The second kappa shape index (κ2) is 8.70. The predicted octanol–water partition coefficient (Wildman–Crippen LogP) is 0.990. The van der Waals surface area contributed by atoms with E-state index in [0.717, 1.165) is 18.7 Å². The van der Waals surface area contributed by atoms with Gasteiger partial charge in [-0.05, 0) is 30.8 Å². The predicted molar refractivity (Wildman–Crippen MR) is 107 cm³/mol. The van der Waals surface area contributed by atoms with Gasteiger partial charge in [0, 0.05) is 63.5 Å². The Morgan fingerprint density at radius 2 is 1.59 bits per heavy atom. The quantitative estimate of drug-likeness (QED) is 0.692. The molecule has 2 heterocycles. The van der Waals surface area contributed by atoms with Crippen LogP contribution in [0.5, 0.6) is 0 Å². The first-order valence-corrected chi connectivity index (χ1v) is 10.8. The van der Waals surface area contributed by atoms with Crippen molar-refractivity contribution in [2.45, 2.75) is 0 Å². The number of nitrogens with zero attached hydrogens (tertiary/aromatic N) is 4. The van der Waals surface area contributed by atoms with Crippen molar-refractivity contribution in [2.75, 3.05) is 59.4 Å². The minimum Gasteiger partial charge on any atom is -0.337 e. The lowest BCUT2D eigenvalue weighted by molar-refractivity contribution is -0.127. The van der Waals surface area contributed by atoms with Crippen molar-refractivity contribution in [3.63, 3.8) is 0 Å². The van der Waals surface area contributed by atoms with Gasteiger partial charge in [-0.15, -0.1) is 0 Å². The van der Waals surface area contributed by atoms with Crippen LogP contribution in [-0.4, -0.2) is 92.1 Å². The third-order valence-corrected chi connectivity index (χ3v) is 7.20. The molecule has 2 saturated heterocycles. The summed E-state index contributed by atoms with van der Waals surface area (Å²) in [5, 5.41) is 0.618. The average molecular weight is 413 g/mol. The molecule has 2 aliphatic heterocycles. The monoisotopic (exact) mass is 412 g/mol. The van der Waals surface area contributed by atoms with Crippen LogP contribution in [-0.2, 0) is 15.0 Å². The van der Waals surface area contributed by atoms with Crippen molar-refractivity contribution in [3.05, 3.63) is 40.9 Å². The van der Waals surface area contributed by atoms with Gasteiger partial charge in [-0.3, -0.25) is 4.79 Å². The molecule has 0 radical (unpaired) electrons. The van der Waals surface area contributed by atoms with Crippen molar-refractivity contribution in [3.8, 4) is 0 Å². The highest BCUT2D eigenvalue weighted by Gasteiger charge is 2.34. The highest BCUT2D eigenvalue weighted by Crippen LogP contribution is 2.15. The first-order valence-electron chi connectivity index (χ1n) is 9.02. The zero-order valence-electron chi connectivity index (χ0n) is 15.4. The fourth-order valence-electron chi connectivity index (χ4n) is 3.20. The maximum atomic E-state index is 12.8. The van der Waals surface area contributed by atoms with Crippen LogP contribution >= 0.6 is 11.6 Å². The lowest BCUT2D eigenvalue weighted by Crippen LogP contribution is -2.57. The van der Waals surface area contributed by atoms with Crippen LogP contribution in [0.25, 0.3) is 6.08 Å². The van der Waals surface area contributed by atoms with E-state index in [1.165, 1.54) is 10.4 Å². The number of rotatable bonds is 4. The van der Waals surface area contributed by atoms with Gasteiger partial charge in [0.05, 0.1) is 0 Å².